The molecule has 158 valence electrons. The monoisotopic (exact) mass is 388 g/mol. The topological polar surface area (TPSA) is 43.4 Å². The number of rotatable bonds is 4. The maximum absolute atomic E-state index is 12.1. The summed E-state index contributed by atoms with van der Waals surface area (Å²) in [5.41, 5.74) is 0.858. The molecule has 0 bridgehead atoms. The predicted molar refractivity (Wildman–Crippen MR) is 111 cm³/mol. The molecule has 4 fully saturated rings. The number of Topliss-reactive ketones (excluding diaryl/α,β-unsaturated/α-hetero) is 1. The number of esters is 1. The summed E-state index contributed by atoms with van der Waals surface area (Å²) in [6, 6.07) is 0. The number of hydrogen-bond donors (Lipinski definition) is 0. The lowest BCUT2D eigenvalue weighted by molar-refractivity contribution is -0.141. The first-order chi connectivity index (χ1) is 13.3. The van der Waals surface area contributed by atoms with Gasteiger partial charge in [0.15, 0.2) is 0 Å². The molecular formula is C25H40O3. The minimum atomic E-state index is -0.0617. The van der Waals surface area contributed by atoms with Crippen LogP contribution < -0.4 is 0 Å². The molecule has 4 saturated carbocycles. The van der Waals surface area contributed by atoms with Crippen LogP contribution in [0.2, 0.25) is 0 Å². The Balaban J connectivity index is 1.49. The van der Waals surface area contributed by atoms with E-state index in [2.05, 4.69) is 20.8 Å². The largest absolute Gasteiger partial charge is 0.469 e. The van der Waals surface area contributed by atoms with Crippen LogP contribution in [0.4, 0.5) is 0 Å². The summed E-state index contributed by atoms with van der Waals surface area (Å²) in [6.07, 6.45) is 12.4. The van der Waals surface area contributed by atoms with Gasteiger partial charge >= 0.3 is 5.97 Å². The van der Waals surface area contributed by atoms with E-state index in [1.165, 1.54) is 45.6 Å². The molecule has 0 spiro atoms. The van der Waals surface area contributed by atoms with Crippen LogP contribution in [0.1, 0.15) is 91.4 Å². The van der Waals surface area contributed by atoms with E-state index in [1.807, 2.05) is 0 Å². The van der Waals surface area contributed by atoms with Crippen LogP contribution in [0.15, 0.2) is 0 Å². The van der Waals surface area contributed by atoms with E-state index in [0.717, 1.165) is 49.4 Å². The van der Waals surface area contributed by atoms with E-state index in [9.17, 15) is 9.59 Å². The summed E-state index contributed by atoms with van der Waals surface area (Å²) < 4.78 is 4.87. The molecule has 4 aliphatic carbocycles. The van der Waals surface area contributed by atoms with E-state index >= 15 is 0 Å². The fourth-order valence-corrected chi connectivity index (χ4v) is 8.67. The zero-order valence-electron chi connectivity index (χ0n) is 18.5. The second-order valence-electron chi connectivity index (χ2n) is 11.2. The Kier molecular flexibility index (Phi) is 5.42. The number of ether oxygens (including phenoxy) is 1. The van der Waals surface area contributed by atoms with Gasteiger partial charge in [-0.25, -0.2) is 0 Å². The molecule has 0 aromatic heterocycles. The van der Waals surface area contributed by atoms with Crippen molar-refractivity contribution >= 4 is 11.8 Å². The first kappa shape index (κ1) is 20.4. The highest BCUT2D eigenvalue weighted by molar-refractivity contribution is 5.79. The van der Waals surface area contributed by atoms with E-state index in [0.29, 0.717) is 34.9 Å². The Morgan fingerprint density at radius 2 is 1.82 bits per heavy atom. The molecule has 0 amide bonds. The van der Waals surface area contributed by atoms with Crippen molar-refractivity contribution in [1.82, 2.24) is 0 Å². The molecule has 4 aliphatic rings. The Morgan fingerprint density at radius 1 is 1.07 bits per heavy atom. The van der Waals surface area contributed by atoms with Crippen LogP contribution in [0.3, 0.4) is 0 Å². The summed E-state index contributed by atoms with van der Waals surface area (Å²) in [6.45, 7) is 7.49. The smallest absolute Gasteiger partial charge is 0.305 e. The Labute approximate surface area is 171 Å². The Hall–Kier alpha value is -0.860. The maximum atomic E-state index is 12.1. The van der Waals surface area contributed by atoms with Crippen LogP contribution >= 0.6 is 0 Å². The molecule has 1 unspecified atom stereocenters. The highest BCUT2D eigenvalue weighted by atomic mass is 16.5. The molecule has 3 heteroatoms. The third-order valence-corrected chi connectivity index (χ3v) is 10.3. The highest BCUT2D eigenvalue weighted by Gasteiger charge is 2.60. The lowest BCUT2D eigenvalue weighted by atomic mass is 9.44. The average molecular weight is 389 g/mol. The maximum Gasteiger partial charge on any atom is 0.305 e. The number of carbonyl (C=O) groups excluding carboxylic acids is 2. The van der Waals surface area contributed by atoms with Gasteiger partial charge in [0.25, 0.3) is 0 Å². The lowest BCUT2D eigenvalue weighted by Gasteiger charge is -2.60. The van der Waals surface area contributed by atoms with Crippen molar-refractivity contribution in [3.63, 3.8) is 0 Å². The van der Waals surface area contributed by atoms with Crippen molar-refractivity contribution < 1.29 is 14.3 Å². The number of hydrogen-bond acceptors (Lipinski definition) is 3. The second-order valence-corrected chi connectivity index (χ2v) is 11.2. The van der Waals surface area contributed by atoms with Gasteiger partial charge in [-0.2, -0.15) is 0 Å². The van der Waals surface area contributed by atoms with Crippen LogP contribution in [0, 0.1) is 46.3 Å². The molecule has 3 nitrogen and oxygen atoms in total. The standard InChI is InChI=1S/C25H40O3/c1-16(5-10-23(27)28-4)20-8-9-21-19-7-6-17-15-18(26)11-13-24(17,2)22(19)12-14-25(20,21)3/h16-17,19-22H,5-15H2,1-4H3/t16-,17?,19+,20-,21+,22+,24+,25-/m1/s1. The average Bonchev–Trinajstić information content (AvgIpc) is 3.03. The fraction of sp³-hybridized carbons (Fsp3) is 0.920. The van der Waals surface area contributed by atoms with Gasteiger partial charge in [0.2, 0.25) is 0 Å². The highest BCUT2D eigenvalue weighted by Crippen LogP contribution is 2.68. The van der Waals surface area contributed by atoms with Gasteiger partial charge in [0.1, 0.15) is 5.78 Å². The van der Waals surface area contributed by atoms with Crippen LogP contribution in [0.25, 0.3) is 0 Å². The number of carbonyl (C=O) groups is 2. The quantitative estimate of drug-likeness (QED) is 0.571. The van der Waals surface area contributed by atoms with Gasteiger partial charge in [0, 0.05) is 19.3 Å². The minimum absolute atomic E-state index is 0.0617. The molecule has 28 heavy (non-hydrogen) atoms. The van der Waals surface area contributed by atoms with Gasteiger partial charge in [-0.05, 0) is 97.7 Å². The van der Waals surface area contributed by atoms with Crippen LogP contribution in [-0.2, 0) is 14.3 Å². The molecule has 0 heterocycles. The first-order valence-corrected chi connectivity index (χ1v) is 11.9. The molecular weight excluding hydrogens is 348 g/mol. The summed E-state index contributed by atoms with van der Waals surface area (Å²) >= 11 is 0. The molecule has 0 aromatic rings. The SMILES string of the molecule is COC(=O)CC[C@@H](C)[C@H]1CC[C@H]2[C@@H]3CCC4CC(=O)CC[C@]4(C)[C@H]3CC[C@]12C. The lowest BCUT2D eigenvalue weighted by Crippen LogP contribution is -2.53. The summed E-state index contributed by atoms with van der Waals surface area (Å²) in [5.74, 6) is 5.01. The van der Waals surface area contributed by atoms with Crippen molar-refractivity contribution in [2.75, 3.05) is 7.11 Å². The Bertz CT molecular complexity index is 627. The predicted octanol–water partition coefficient (Wildman–Crippen LogP) is 5.80. The minimum Gasteiger partial charge on any atom is -0.469 e. The summed E-state index contributed by atoms with van der Waals surface area (Å²) in [5, 5.41) is 0. The fourth-order valence-electron chi connectivity index (χ4n) is 8.67. The number of methoxy groups -OCH3 is 1. The molecule has 8 atom stereocenters. The third kappa shape index (κ3) is 3.16. The van der Waals surface area contributed by atoms with Crippen LogP contribution in [0.5, 0.6) is 0 Å². The molecule has 4 rings (SSSR count). The normalized spacial score (nSPS) is 46.3. The third-order valence-electron chi connectivity index (χ3n) is 10.3. The second kappa shape index (κ2) is 7.43. The van der Waals surface area contributed by atoms with Gasteiger partial charge in [0.05, 0.1) is 7.11 Å². The van der Waals surface area contributed by atoms with Gasteiger partial charge in [-0.3, -0.25) is 9.59 Å². The first-order valence-electron chi connectivity index (χ1n) is 11.9. The van der Waals surface area contributed by atoms with Crippen LogP contribution in [-0.4, -0.2) is 18.9 Å². The molecule has 0 radical (unpaired) electrons. The van der Waals surface area contributed by atoms with E-state index in [1.54, 1.807) is 0 Å². The number of ketones is 1. The Morgan fingerprint density at radius 3 is 2.57 bits per heavy atom. The van der Waals surface area contributed by atoms with Gasteiger partial charge in [-0.15, -0.1) is 0 Å². The van der Waals surface area contributed by atoms with E-state index in [-0.39, 0.29) is 5.97 Å². The summed E-state index contributed by atoms with van der Waals surface area (Å²) in [4.78, 5) is 23.7. The molecule has 0 aromatic carbocycles. The van der Waals surface area contributed by atoms with Crippen molar-refractivity contribution in [3.8, 4) is 0 Å². The number of fused-ring (bicyclic) bond motifs is 5. The van der Waals surface area contributed by atoms with E-state index in [4.69, 9.17) is 4.74 Å². The van der Waals surface area contributed by atoms with Crippen molar-refractivity contribution in [1.29, 1.82) is 0 Å². The molecule has 0 aliphatic heterocycles. The van der Waals surface area contributed by atoms with Crippen molar-refractivity contribution in [3.05, 3.63) is 0 Å². The molecule has 0 N–H and O–H groups in total. The zero-order valence-corrected chi connectivity index (χ0v) is 18.5. The summed E-state index contributed by atoms with van der Waals surface area (Å²) in [7, 11) is 1.50. The van der Waals surface area contributed by atoms with Crippen molar-refractivity contribution in [2.45, 2.75) is 91.4 Å². The van der Waals surface area contributed by atoms with Crippen molar-refractivity contribution in [2.24, 2.45) is 46.3 Å². The molecule has 0 saturated heterocycles. The zero-order chi connectivity index (χ0) is 20.1. The van der Waals surface area contributed by atoms with Gasteiger partial charge < -0.3 is 4.74 Å². The van der Waals surface area contributed by atoms with E-state index < -0.39 is 0 Å². The van der Waals surface area contributed by atoms with Gasteiger partial charge in [-0.1, -0.05) is 20.8 Å².